The lowest BCUT2D eigenvalue weighted by Crippen LogP contribution is -2.88. The van der Waals surface area contributed by atoms with Crippen molar-refractivity contribution in [2.75, 3.05) is 13.7 Å². The van der Waals surface area contributed by atoms with Crippen molar-refractivity contribution in [2.45, 2.75) is 32.5 Å². The summed E-state index contributed by atoms with van der Waals surface area (Å²) in [6.45, 7) is 5.13. The van der Waals surface area contributed by atoms with Crippen LogP contribution in [0.1, 0.15) is 31.1 Å². The van der Waals surface area contributed by atoms with Gasteiger partial charge in [0.05, 0.1) is 18.7 Å². The van der Waals surface area contributed by atoms with Gasteiger partial charge in [0.15, 0.2) is 11.5 Å². The number of hydrogen-bond donors (Lipinski definition) is 2. The van der Waals surface area contributed by atoms with Crippen LogP contribution in [-0.4, -0.2) is 24.9 Å². The van der Waals surface area contributed by atoms with Crippen LogP contribution in [0.25, 0.3) is 0 Å². The van der Waals surface area contributed by atoms with Gasteiger partial charge >= 0.3 is 0 Å². The summed E-state index contributed by atoms with van der Waals surface area (Å²) in [7, 11) is 1.60. The second-order valence-electron chi connectivity index (χ2n) is 5.70. The molecule has 130 valence electrons. The summed E-state index contributed by atoms with van der Waals surface area (Å²) in [6, 6.07) is 13.5. The van der Waals surface area contributed by atoms with Gasteiger partial charge in [-0.25, -0.2) is 0 Å². The SMILES string of the molecule is CCOc1c(Cl)cc(C[NH2+][C@@H](C)[C@@H](O)c2ccccc2)cc1OC. The summed E-state index contributed by atoms with van der Waals surface area (Å²) in [5.41, 5.74) is 1.94. The van der Waals surface area contributed by atoms with Crippen molar-refractivity contribution >= 4 is 11.6 Å². The van der Waals surface area contributed by atoms with Gasteiger partial charge in [-0.3, -0.25) is 0 Å². The maximum absolute atomic E-state index is 10.4. The van der Waals surface area contributed by atoms with E-state index in [4.69, 9.17) is 21.1 Å². The number of quaternary nitrogens is 1. The van der Waals surface area contributed by atoms with E-state index in [1.165, 1.54) is 0 Å². The van der Waals surface area contributed by atoms with Gasteiger partial charge in [-0.1, -0.05) is 41.9 Å². The smallest absolute Gasteiger partial charge is 0.179 e. The molecule has 0 aliphatic carbocycles. The van der Waals surface area contributed by atoms with E-state index in [-0.39, 0.29) is 6.04 Å². The van der Waals surface area contributed by atoms with Crippen LogP contribution in [0.5, 0.6) is 11.5 Å². The molecule has 0 heterocycles. The highest BCUT2D eigenvalue weighted by molar-refractivity contribution is 6.32. The summed E-state index contributed by atoms with van der Waals surface area (Å²) in [5, 5.41) is 13.1. The second-order valence-corrected chi connectivity index (χ2v) is 6.10. The molecule has 0 fully saturated rings. The number of aliphatic hydroxyl groups is 1. The third-order valence-corrected chi connectivity index (χ3v) is 4.22. The standard InChI is InChI=1S/C19H24ClNO3/c1-4-24-19-16(20)10-14(11-17(19)23-3)12-21-13(2)18(22)15-8-6-5-7-9-15/h5-11,13,18,21-22H,4,12H2,1-3H3/p+1/t13-,18+/m0/s1. The highest BCUT2D eigenvalue weighted by Gasteiger charge is 2.19. The van der Waals surface area contributed by atoms with Gasteiger partial charge in [0.2, 0.25) is 0 Å². The van der Waals surface area contributed by atoms with Crippen molar-refractivity contribution in [1.82, 2.24) is 0 Å². The van der Waals surface area contributed by atoms with E-state index in [0.717, 1.165) is 11.1 Å². The molecule has 3 N–H and O–H groups in total. The Hall–Kier alpha value is -1.75. The predicted octanol–water partition coefficient (Wildman–Crippen LogP) is 2.93. The first-order valence-electron chi connectivity index (χ1n) is 8.12. The maximum atomic E-state index is 10.4. The van der Waals surface area contributed by atoms with Crippen LogP contribution in [0.15, 0.2) is 42.5 Å². The molecule has 0 saturated carbocycles. The zero-order valence-corrected chi connectivity index (χ0v) is 15.1. The monoisotopic (exact) mass is 350 g/mol. The molecule has 2 rings (SSSR count). The van der Waals surface area contributed by atoms with Crippen LogP contribution in [0, 0.1) is 0 Å². The Morgan fingerprint density at radius 2 is 1.92 bits per heavy atom. The Labute approximate surface area is 148 Å². The van der Waals surface area contributed by atoms with E-state index in [1.54, 1.807) is 7.11 Å². The minimum atomic E-state index is -0.522. The van der Waals surface area contributed by atoms with Gasteiger partial charge in [-0.2, -0.15) is 0 Å². The fraction of sp³-hybridized carbons (Fsp3) is 0.368. The van der Waals surface area contributed by atoms with Crippen LogP contribution in [0.4, 0.5) is 0 Å². The van der Waals surface area contributed by atoms with E-state index in [1.807, 2.05) is 56.3 Å². The van der Waals surface area contributed by atoms with Gasteiger partial charge in [-0.15, -0.1) is 0 Å². The van der Waals surface area contributed by atoms with Gasteiger partial charge in [0, 0.05) is 5.56 Å². The Morgan fingerprint density at radius 1 is 1.21 bits per heavy atom. The third-order valence-electron chi connectivity index (χ3n) is 3.94. The van der Waals surface area contributed by atoms with Crippen LogP contribution in [0.2, 0.25) is 5.02 Å². The molecule has 4 nitrogen and oxygen atoms in total. The first-order valence-corrected chi connectivity index (χ1v) is 8.50. The molecule has 2 aromatic rings. The number of benzene rings is 2. The van der Waals surface area contributed by atoms with Crippen LogP contribution in [-0.2, 0) is 6.54 Å². The molecule has 0 unspecified atom stereocenters. The Morgan fingerprint density at radius 3 is 2.54 bits per heavy atom. The number of hydrogen-bond acceptors (Lipinski definition) is 3. The number of rotatable bonds is 8. The van der Waals surface area contributed by atoms with Crippen molar-refractivity contribution in [3.8, 4) is 11.5 Å². The zero-order valence-electron chi connectivity index (χ0n) is 14.3. The highest BCUT2D eigenvalue weighted by Crippen LogP contribution is 2.36. The lowest BCUT2D eigenvalue weighted by atomic mass is 10.0. The topological polar surface area (TPSA) is 55.3 Å². The number of aliphatic hydroxyl groups excluding tert-OH is 1. The van der Waals surface area contributed by atoms with Crippen LogP contribution >= 0.6 is 11.6 Å². The number of methoxy groups -OCH3 is 1. The van der Waals surface area contributed by atoms with Crippen molar-refractivity contribution < 1.29 is 19.9 Å². The van der Waals surface area contributed by atoms with Crippen LogP contribution < -0.4 is 14.8 Å². The Balaban J connectivity index is 2.04. The number of nitrogens with two attached hydrogens (primary N) is 1. The molecule has 2 aromatic carbocycles. The molecule has 0 aliphatic rings. The summed E-state index contributed by atoms with van der Waals surface area (Å²) in [5.74, 6) is 1.20. The maximum Gasteiger partial charge on any atom is 0.179 e. The van der Waals surface area contributed by atoms with E-state index in [2.05, 4.69) is 5.32 Å². The molecule has 2 atom stereocenters. The molecule has 0 aromatic heterocycles. The molecule has 0 bridgehead atoms. The Bertz CT molecular complexity index is 649. The van der Waals surface area contributed by atoms with Crippen molar-refractivity contribution in [1.29, 1.82) is 0 Å². The fourth-order valence-electron chi connectivity index (χ4n) is 2.58. The second kappa shape index (κ2) is 8.92. The summed E-state index contributed by atoms with van der Waals surface area (Å²) < 4.78 is 10.9. The van der Waals surface area contributed by atoms with E-state index < -0.39 is 6.10 Å². The molecule has 0 spiro atoms. The molecule has 0 radical (unpaired) electrons. The van der Waals surface area contributed by atoms with E-state index in [0.29, 0.717) is 29.7 Å². The summed E-state index contributed by atoms with van der Waals surface area (Å²) in [6.07, 6.45) is -0.522. The minimum absolute atomic E-state index is 0.0174. The van der Waals surface area contributed by atoms with E-state index in [9.17, 15) is 5.11 Å². The highest BCUT2D eigenvalue weighted by atomic mass is 35.5. The molecular formula is C19H25ClNO3+. The molecule has 0 saturated heterocycles. The van der Waals surface area contributed by atoms with Crippen molar-refractivity contribution in [3.63, 3.8) is 0 Å². The lowest BCUT2D eigenvalue weighted by molar-refractivity contribution is -0.709. The molecule has 0 amide bonds. The quantitative estimate of drug-likeness (QED) is 0.769. The van der Waals surface area contributed by atoms with Crippen molar-refractivity contribution in [2.24, 2.45) is 0 Å². The average Bonchev–Trinajstić information content (AvgIpc) is 2.61. The largest absolute Gasteiger partial charge is 0.493 e. The molecule has 0 aliphatic heterocycles. The first-order chi connectivity index (χ1) is 11.6. The van der Waals surface area contributed by atoms with Crippen molar-refractivity contribution in [3.05, 3.63) is 58.6 Å². The summed E-state index contributed by atoms with van der Waals surface area (Å²) >= 11 is 6.30. The zero-order chi connectivity index (χ0) is 17.5. The van der Waals surface area contributed by atoms with Gasteiger partial charge in [0.25, 0.3) is 0 Å². The van der Waals surface area contributed by atoms with Crippen LogP contribution in [0.3, 0.4) is 0 Å². The third kappa shape index (κ3) is 4.63. The van der Waals surface area contributed by atoms with E-state index >= 15 is 0 Å². The van der Waals surface area contributed by atoms with Gasteiger partial charge in [0.1, 0.15) is 18.7 Å². The van der Waals surface area contributed by atoms with Gasteiger partial charge in [-0.05, 0) is 31.5 Å². The number of ether oxygens (including phenoxy) is 2. The lowest BCUT2D eigenvalue weighted by Gasteiger charge is -2.18. The molecule has 5 heteroatoms. The number of halogens is 1. The summed E-state index contributed by atoms with van der Waals surface area (Å²) in [4.78, 5) is 0. The first kappa shape index (κ1) is 18.6. The predicted molar refractivity (Wildman–Crippen MR) is 95.7 cm³/mol. The molecular weight excluding hydrogens is 326 g/mol. The Kier molecular flexibility index (Phi) is 6.91. The molecule has 24 heavy (non-hydrogen) atoms. The minimum Gasteiger partial charge on any atom is -0.493 e. The normalized spacial score (nSPS) is 13.4. The fourth-order valence-corrected chi connectivity index (χ4v) is 2.87. The van der Waals surface area contributed by atoms with Gasteiger partial charge < -0.3 is 19.9 Å². The average molecular weight is 351 g/mol.